The van der Waals surface area contributed by atoms with Crippen molar-refractivity contribution in [1.82, 2.24) is 15.0 Å². The van der Waals surface area contributed by atoms with Gasteiger partial charge in [-0.2, -0.15) is 0 Å². The van der Waals surface area contributed by atoms with E-state index in [4.69, 9.17) is 14.4 Å². The Morgan fingerprint density at radius 2 is 1.39 bits per heavy atom. The summed E-state index contributed by atoms with van der Waals surface area (Å²) in [6.07, 6.45) is 6.20. The zero-order valence-corrected chi connectivity index (χ0v) is 32.1. The van der Waals surface area contributed by atoms with Gasteiger partial charge in [-0.15, -0.1) is 53.6 Å². The summed E-state index contributed by atoms with van der Waals surface area (Å²) in [5, 5.41) is 2.06. The monoisotopic (exact) mass is 822 g/mol. The van der Waals surface area contributed by atoms with Crippen molar-refractivity contribution in [1.29, 1.82) is 0 Å². The van der Waals surface area contributed by atoms with Crippen LogP contribution in [0.3, 0.4) is 0 Å². The fourth-order valence-electron chi connectivity index (χ4n) is 6.46. The molecular formula is C44H43IrN3O-2. The maximum atomic E-state index is 6.36. The third kappa shape index (κ3) is 7.44. The molecule has 0 saturated heterocycles. The van der Waals surface area contributed by atoms with E-state index in [1.165, 1.54) is 44.5 Å². The van der Waals surface area contributed by atoms with Gasteiger partial charge < -0.3 is 14.4 Å². The zero-order chi connectivity index (χ0) is 33.9. The molecule has 0 aliphatic carbocycles. The molecule has 0 saturated carbocycles. The number of nitrogens with zero attached hydrogens (tertiary/aromatic N) is 3. The molecule has 4 heterocycles. The summed E-state index contributed by atoms with van der Waals surface area (Å²) in [5.74, 6) is 0.546. The summed E-state index contributed by atoms with van der Waals surface area (Å²) < 4.78 is 6.36. The van der Waals surface area contributed by atoms with Gasteiger partial charge in [-0.05, 0) is 99.2 Å². The average molecular weight is 822 g/mol. The van der Waals surface area contributed by atoms with Gasteiger partial charge in [0.15, 0.2) is 0 Å². The summed E-state index contributed by atoms with van der Waals surface area (Å²) in [6.45, 7) is 17.1. The Labute approximate surface area is 304 Å². The molecule has 5 heteroatoms. The Hall–Kier alpha value is -4.44. The quantitative estimate of drug-likeness (QED) is 0.157. The van der Waals surface area contributed by atoms with E-state index in [0.717, 1.165) is 57.4 Å². The van der Waals surface area contributed by atoms with Crippen molar-refractivity contribution in [2.45, 2.75) is 74.1 Å². The topological polar surface area (TPSA) is 51.8 Å². The van der Waals surface area contributed by atoms with Crippen LogP contribution in [0, 0.1) is 53.7 Å². The van der Waals surface area contributed by atoms with Crippen molar-refractivity contribution < 1.29 is 24.5 Å². The predicted molar refractivity (Wildman–Crippen MR) is 199 cm³/mol. The molecule has 0 aliphatic heterocycles. The number of aromatic nitrogens is 3. The van der Waals surface area contributed by atoms with Gasteiger partial charge in [0, 0.05) is 43.4 Å². The van der Waals surface area contributed by atoms with E-state index in [0.29, 0.717) is 11.6 Å². The smallest absolute Gasteiger partial charge is 0.216 e. The van der Waals surface area contributed by atoms with Crippen LogP contribution >= 0.6 is 0 Å². The van der Waals surface area contributed by atoms with Gasteiger partial charge in [-0.1, -0.05) is 73.2 Å². The zero-order valence-electron chi connectivity index (χ0n) is 29.7. The van der Waals surface area contributed by atoms with Crippen LogP contribution in [0.4, 0.5) is 0 Å². The molecule has 0 aliphatic rings. The molecule has 7 aromatic rings. The second-order valence-electron chi connectivity index (χ2n) is 12.9. The van der Waals surface area contributed by atoms with Crippen LogP contribution in [0.5, 0.6) is 0 Å². The number of aryl methyl sites for hydroxylation is 6. The van der Waals surface area contributed by atoms with Crippen molar-refractivity contribution in [3.8, 4) is 33.8 Å². The average Bonchev–Trinajstić information content (AvgIpc) is 3.46. The molecule has 0 unspecified atom stereocenters. The van der Waals surface area contributed by atoms with Crippen LogP contribution in [0.1, 0.15) is 71.6 Å². The fourth-order valence-corrected chi connectivity index (χ4v) is 6.46. The Morgan fingerprint density at radius 1 is 0.673 bits per heavy atom. The molecule has 3 aromatic carbocycles. The number of hydrogen-bond donors (Lipinski definition) is 0. The minimum atomic E-state index is 0. The molecule has 0 atom stereocenters. The molecule has 0 N–H and O–H groups in total. The number of hydrogen-bond acceptors (Lipinski definition) is 4. The van der Waals surface area contributed by atoms with Crippen molar-refractivity contribution in [2.75, 3.05) is 0 Å². The molecule has 1 radical (unpaired) electrons. The number of fused-ring (bicyclic) bond motifs is 3. The number of furan rings is 1. The predicted octanol–water partition coefficient (Wildman–Crippen LogP) is 11.8. The van der Waals surface area contributed by atoms with Crippen molar-refractivity contribution >= 4 is 22.1 Å². The van der Waals surface area contributed by atoms with E-state index >= 15 is 0 Å². The van der Waals surface area contributed by atoms with E-state index in [9.17, 15) is 0 Å². The summed E-state index contributed by atoms with van der Waals surface area (Å²) in [7, 11) is 0. The SMILES string of the molecule is CCC(CC)c1cnc(-c2[c-]ccc3c2oc2nc(-c4c(C)cccc4C)ccc23)cc1C.Cc1c[c-]c(-c2cc(C)c(C)cn2)cc1.[Ir]. The molecule has 4 aromatic heterocycles. The number of benzene rings is 3. The third-order valence-electron chi connectivity index (χ3n) is 9.49. The van der Waals surface area contributed by atoms with Gasteiger partial charge in [0.25, 0.3) is 0 Å². The van der Waals surface area contributed by atoms with Crippen LogP contribution in [0.15, 0.2) is 89.6 Å². The molecule has 0 spiro atoms. The number of pyridine rings is 3. The first-order valence-electron chi connectivity index (χ1n) is 16.9. The van der Waals surface area contributed by atoms with Crippen LogP contribution in [0.25, 0.3) is 55.8 Å². The first-order chi connectivity index (χ1) is 23.2. The normalized spacial score (nSPS) is 11.0. The van der Waals surface area contributed by atoms with Crippen LogP contribution in [-0.4, -0.2) is 15.0 Å². The standard InChI is InChI=1S/C30H29N2O.C14H14N.Ir/c1-6-21(7-2)25-17-31-27(16-20(25)5)24-13-9-12-22-23-14-15-26(32-30(23)33-29(22)24)28-18(3)10-8-11-19(28)4;1-10-4-6-13(7-5-10)14-8-11(2)12(3)9-15-14;/h8-12,14-17,21H,6-7H2,1-5H3;4-6,8-9H,1-3H3;/q2*-1;. The molecule has 4 nitrogen and oxygen atoms in total. The van der Waals surface area contributed by atoms with Crippen molar-refractivity contribution in [2.24, 2.45) is 0 Å². The summed E-state index contributed by atoms with van der Waals surface area (Å²) in [5.41, 5.74) is 16.1. The van der Waals surface area contributed by atoms with Gasteiger partial charge in [0.05, 0.1) is 11.3 Å². The summed E-state index contributed by atoms with van der Waals surface area (Å²) >= 11 is 0. The molecule has 0 amide bonds. The molecule has 7 rings (SSSR count). The van der Waals surface area contributed by atoms with Gasteiger partial charge in [-0.3, -0.25) is 0 Å². The second-order valence-corrected chi connectivity index (χ2v) is 12.9. The molecule has 49 heavy (non-hydrogen) atoms. The summed E-state index contributed by atoms with van der Waals surface area (Å²) in [6, 6.07) is 31.6. The molecule has 251 valence electrons. The summed E-state index contributed by atoms with van der Waals surface area (Å²) in [4.78, 5) is 14.1. The Kier molecular flexibility index (Phi) is 11.3. The maximum absolute atomic E-state index is 6.36. The third-order valence-corrected chi connectivity index (χ3v) is 9.49. The maximum Gasteiger partial charge on any atom is 0.216 e. The van der Waals surface area contributed by atoms with E-state index in [1.54, 1.807) is 0 Å². The van der Waals surface area contributed by atoms with Crippen LogP contribution in [0.2, 0.25) is 0 Å². The van der Waals surface area contributed by atoms with E-state index in [1.807, 2.05) is 24.5 Å². The first kappa shape index (κ1) is 35.9. The van der Waals surface area contributed by atoms with Gasteiger partial charge >= 0.3 is 0 Å². The number of rotatable bonds is 6. The van der Waals surface area contributed by atoms with Gasteiger partial charge in [0.2, 0.25) is 5.71 Å². The molecule has 0 fully saturated rings. The first-order valence-corrected chi connectivity index (χ1v) is 16.9. The second kappa shape index (κ2) is 15.4. The van der Waals surface area contributed by atoms with E-state index in [-0.39, 0.29) is 20.1 Å². The minimum Gasteiger partial charge on any atom is -0.486 e. The van der Waals surface area contributed by atoms with Gasteiger partial charge in [0.1, 0.15) is 0 Å². The van der Waals surface area contributed by atoms with Crippen LogP contribution in [-0.2, 0) is 20.1 Å². The van der Waals surface area contributed by atoms with E-state index in [2.05, 4.69) is 133 Å². The minimum absolute atomic E-state index is 0. The van der Waals surface area contributed by atoms with Crippen molar-refractivity contribution in [3.05, 3.63) is 136 Å². The van der Waals surface area contributed by atoms with Crippen LogP contribution < -0.4 is 0 Å². The van der Waals surface area contributed by atoms with E-state index < -0.39 is 0 Å². The van der Waals surface area contributed by atoms with Gasteiger partial charge in [-0.25, -0.2) is 4.98 Å². The Morgan fingerprint density at radius 3 is 2.04 bits per heavy atom. The fraction of sp³-hybridized carbons (Fsp3) is 0.250. The molecule has 0 bridgehead atoms. The Bertz CT molecular complexity index is 2210. The Balaban J connectivity index is 0.000000246. The van der Waals surface area contributed by atoms with Crippen molar-refractivity contribution in [3.63, 3.8) is 0 Å². The largest absolute Gasteiger partial charge is 0.486 e. The molecular weight excluding hydrogens is 779 g/mol.